The van der Waals surface area contributed by atoms with Gasteiger partial charge in [-0.3, -0.25) is 4.79 Å². The number of halogens is 1. The molecule has 3 heteroatoms. The zero-order valence-corrected chi connectivity index (χ0v) is 9.31. The largest absolute Gasteiger partial charge is 0.493 e. The Kier molecular flexibility index (Phi) is 3.53. The maximum Gasteiger partial charge on any atom is 0.165 e. The molecule has 0 aliphatic heterocycles. The molecule has 0 spiro atoms. The Balaban J connectivity index is 3.28. The highest BCUT2D eigenvalue weighted by atomic mass is 35.5. The first-order chi connectivity index (χ1) is 6.56. The second-order valence-electron chi connectivity index (χ2n) is 3.11. The van der Waals surface area contributed by atoms with Crippen LogP contribution in [0.15, 0.2) is 12.1 Å². The van der Waals surface area contributed by atoms with E-state index in [0.29, 0.717) is 22.9 Å². The van der Waals surface area contributed by atoms with Crippen molar-refractivity contribution in [2.24, 2.45) is 0 Å². The molecule has 0 unspecified atom stereocenters. The maximum atomic E-state index is 11.3. The third-order valence-electron chi connectivity index (χ3n) is 1.85. The van der Waals surface area contributed by atoms with Crippen LogP contribution in [0, 0.1) is 6.92 Å². The molecular weight excluding hydrogens is 200 g/mol. The molecule has 0 saturated heterocycles. The van der Waals surface area contributed by atoms with Crippen molar-refractivity contribution < 1.29 is 9.53 Å². The zero-order valence-electron chi connectivity index (χ0n) is 8.56. The molecule has 0 aromatic heterocycles. The summed E-state index contributed by atoms with van der Waals surface area (Å²) in [6.45, 7) is 5.80. The molecule has 0 N–H and O–H groups in total. The van der Waals surface area contributed by atoms with E-state index in [1.165, 1.54) is 6.92 Å². The molecular formula is C11H13ClO2. The first-order valence-electron chi connectivity index (χ1n) is 4.50. The predicted octanol–water partition coefficient (Wildman–Crippen LogP) is 3.25. The average Bonchev–Trinajstić information content (AvgIpc) is 2.01. The van der Waals surface area contributed by atoms with Crippen LogP contribution in [0.1, 0.15) is 29.8 Å². The lowest BCUT2D eigenvalue weighted by molar-refractivity contribution is 0.101. The van der Waals surface area contributed by atoms with Gasteiger partial charge in [-0.15, -0.1) is 0 Å². The quantitative estimate of drug-likeness (QED) is 0.719. The summed E-state index contributed by atoms with van der Waals surface area (Å²) in [7, 11) is 0. The summed E-state index contributed by atoms with van der Waals surface area (Å²) >= 11 is 5.96. The van der Waals surface area contributed by atoms with Crippen molar-refractivity contribution in [3.63, 3.8) is 0 Å². The number of hydrogen-bond donors (Lipinski definition) is 0. The number of hydrogen-bond acceptors (Lipinski definition) is 2. The van der Waals surface area contributed by atoms with Crippen LogP contribution >= 0.6 is 11.6 Å². The highest BCUT2D eigenvalue weighted by Crippen LogP contribution is 2.28. The number of ketones is 1. The summed E-state index contributed by atoms with van der Waals surface area (Å²) in [5.41, 5.74) is 1.46. The van der Waals surface area contributed by atoms with Crippen LogP contribution < -0.4 is 4.74 Å². The lowest BCUT2D eigenvalue weighted by atomic mass is 10.1. The molecule has 0 radical (unpaired) electrons. The van der Waals surface area contributed by atoms with Crippen molar-refractivity contribution in [1.82, 2.24) is 0 Å². The van der Waals surface area contributed by atoms with Gasteiger partial charge in [-0.25, -0.2) is 0 Å². The Morgan fingerprint density at radius 3 is 2.64 bits per heavy atom. The fourth-order valence-electron chi connectivity index (χ4n) is 1.32. The number of benzene rings is 1. The number of rotatable bonds is 3. The van der Waals surface area contributed by atoms with E-state index >= 15 is 0 Å². The van der Waals surface area contributed by atoms with Gasteiger partial charge in [0.2, 0.25) is 0 Å². The van der Waals surface area contributed by atoms with Crippen molar-refractivity contribution in [3.05, 3.63) is 28.3 Å². The summed E-state index contributed by atoms with van der Waals surface area (Å²) < 4.78 is 5.35. The monoisotopic (exact) mass is 212 g/mol. The SMILES string of the molecule is CCOc1cc(C)cc(Cl)c1C(C)=O. The molecule has 0 aliphatic rings. The maximum absolute atomic E-state index is 11.3. The number of carbonyl (C=O) groups is 1. The summed E-state index contributed by atoms with van der Waals surface area (Å²) in [6, 6.07) is 3.59. The van der Waals surface area contributed by atoms with Gasteiger partial charge in [-0.1, -0.05) is 11.6 Å². The van der Waals surface area contributed by atoms with Gasteiger partial charge in [0.25, 0.3) is 0 Å². The summed E-state index contributed by atoms with van der Waals surface area (Å²) in [4.78, 5) is 11.3. The van der Waals surface area contributed by atoms with Crippen LogP contribution in [0.4, 0.5) is 0 Å². The molecule has 0 saturated carbocycles. The van der Waals surface area contributed by atoms with Crippen LogP contribution in [-0.4, -0.2) is 12.4 Å². The molecule has 76 valence electrons. The molecule has 0 bridgehead atoms. The number of Topliss-reactive ketones (excluding diaryl/α,β-unsaturated/α-hetero) is 1. The van der Waals surface area contributed by atoms with E-state index in [0.717, 1.165) is 5.56 Å². The fraction of sp³-hybridized carbons (Fsp3) is 0.364. The van der Waals surface area contributed by atoms with Crippen LogP contribution in [0.2, 0.25) is 5.02 Å². The van der Waals surface area contributed by atoms with Crippen molar-refractivity contribution in [2.75, 3.05) is 6.61 Å². The predicted molar refractivity (Wildman–Crippen MR) is 57.4 cm³/mol. The van der Waals surface area contributed by atoms with E-state index in [-0.39, 0.29) is 5.78 Å². The smallest absolute Gasteiger partial charge is 0.165 e. The first-order valence-corrected chi connectivity index (χ1v) is 4.88. The molecule has 1 rings (SSSR count). The standard InChI is InChI=1S/C11H13ClO2/c1-4-14-10-6-7(2)5-9(12)11(10)8(3)13/h5-6H,4H2,1-3H3. The van der Waals surface area contributed by atoms with Crippen LogP contribution in [0.25, 0.3) is 0 Å². The first kappa shape index (κ1) is 11.1. The molecule has 0 atom stereocenters. The van der Waals surface area contributed by atoms with Gasteiger partial charge in [0.05, 0.1) is 17.2 Å². The van der Waals surface area contributed by atoms with Gasteiger partial charge in [0.1, 0.15) is 5.75 Å². The molecule has 14 heavy (non-hydrogen) atoms. The second-order valence-corrected chi connectivity index (χ2v) is 3.52. The lowest BCUT2D eigenvalue weighted by Gasteiger charge is -2.10. The van der Waals surface area contributed by atoms with Gasteiger partial charge in [-0.2, -0.15) is 0 Å². The lowest BCUT2D eigenvalue weighted by Crippen LogP contribution is -2.02. The molecule has 0 heterocycles. The van der Waals surface area contributed by atoms with E-state index in [4.69, 9.17) is 16.3 Å². The third kappa shape index (κ3) is 2.26. The zero-order chi connectivity index (χ0) is 10.7. The van der Waals surface area contributed by atoms with Crippen LogP contribution in [0.3, 0.4) is 0 Å². The van der Waals surface area contributed by atoms with Gasteiger partial charge >= 0.3 is 0 Å². The number of ether oxygens (including phenoxy) is 1. The van der Waals surface area contributed by atoms with Crippen LogP contribution in [0.5, 0.6) is 5.75 Å². The Bertz CT molecular complexity index is 359. The van der Waals surface area contributed by atoms with E-state index in [9.17, 15) is 4.79 Å². The topological polar surface area (TPSA) is 26.3 Å². The van der Waals surface area contributed by atoms with E-state index < -0.39 is 0 Å². The van der Waals surface area contributed by atoms with E-state index in [2.05, 4.69) is 0 Å². The average molecular weight is 213 g/mol. The molecule has 1 aromatic rings. The Morgan fingerprint density at radius 1 is 1.50 bits per heavy atom. The van der Waals surface area contributed by atoms with Gasteiger partial charge in [0.15, 0.2) is 5.78 Å². The minimum Gasteiger partial charge on any atom is -0.493 e. The van der Waals surface area contributed by atoms with Crippen molar-refractivity contribution in [1.29, 1.82) is 0 Å². The van der Waals surface area contributed by atoms with Gasteiger partial charge < -0.3 is 4.74 Å². The fourth-order valence-corrected chi connectivity index (χ4v) is 1.72. The Labute approximate surface area is 88.8 Å². The minimum absolute atomic E-state index is 0.0709. The molecule has 0 aliphatic carbocycles. The van der Waals surface area contributed by atoms with Gasteiger partial charge in [0, 0.05) is 0 Å². The van der Waals surface area contributed by atoms with Crippen LogP contribution in [-0.2, 0) is 0 Å². The Hall–Kier alpha value is -1.02. The number of aryl methyl sites for hydroxylation is 1. The Morgan fingerprint density at radius 2 is 2.14 bits per heavy atom. The molecule has 0 fully saturated rings. The van der Waals surface area contributed by atoms with E-state index in [1.54, 1.807) is 6.07 Å². The highest BCUT2D eigenvalue weighted by Gasteiger charge is 2.13. The summed E-state index contributed by atoms with van der Waals surface area (Å²) in [5.74, 6) is 0.503. The highest BCUT2D eigenvalue weighted by molar-refractivity contribution is 6.34. The summed E-state index contributed by atoms with van der Waals surface area (Å²) in [5, 5.41) is 0.459. The third-order valence-corrected chi connectivity index (χ3v) is 2.15. The molecule has 2 nitrogen and oxygen atoms in total. The van der Waals surface area contributed by atoms with Crippen molar-refractivity contribution in [3.8, 4) is 5.75 Å². The summed E-state index contributed by atoms with van der Waals surface area (Å²) in [6.07, 6.45) is 0. The van der Waals surface area contributed by atoms with Gasteiger partial charge in [-0.05, 0) is 38.5 Å². The number of carbonyl (C=O) groups excluding carboxylic acids is 1. The van der Waals surface area contributed by atoms with Crippen molar-refractivity contribution >= 4 is 17.4 Å². The molecule has 1 aromatic carbocycles. The van der Waals surface area contributed by atoms with Crippen molar-refractivity contribution in [2.45, 2.75) is 20.8 Å². The second kappa shape index (κ2) is 4.47. The molecule has 0 amide bonds. The minimum atomic E-state index is -0.0709. The normalized spacial score (nSPS) is 10.0. The van der Waals surface area contributed by atoms with E-state index in [1.807, 2.05) is 19.9 Å².